The number of halogens is 2. The van der Waals surface area contributed by atoms with Crippen molar-refractivity contribution >= 4 is 17.3 Å². The van der Waals surface area contributed by atoms with Gasteiger partial charge < -0.3 is 10.6 Å². The average Bonchev–Trinajstić information content (AvgIpc) is 2.76. The summed E-state index contributed by atoms with van der Waals surface area (Å²) in [6.07, 6.45) is 3.49. The molecule has 1 aromatic rings. The molecule has 1 atom stereocenters. The zero-order chi connectivity index (χ0) is 11.4. The fraction of sp³-hybridized carbons (Fsp3) is 0.500. The molecule has 0 bridgehead atoms. The van der Waals surface area contributed by atoms with Gasteiger partial charge in [-0.3, -0.25) is 0 Å². The lowest BCUT2D eigenvalue weighted by Gasteiger charge is -2.12. The van der Waals surface area contributed by atoms with Crippen molar-refractivity contribution in [3.8, 4) is 0 Å². The minimum absolute atomic E-state index is 0.246. The van der Waals surface area contributed by atoms with Crippen LogP contribution in [0, 0.1) is 5.82 Å². The highest BCUT2D eigenvalue weighted by Gasteiger charge is 2.13. The summed E-state index contributed by atoms with van der Waals surface area (Å²) in [5.41, 5.74) is 0.491. The molecule has 0 saturated carbocycles. The van der Waals surface area contributed by atoms with E-state index in [4.69, 9.17) is 11.6 Å². The van der Waals surface area contributed by atoms with Gasteiger partial charge in [0.15, 0.2) is 0 Å². The van der Waals surface area contributed by atoms with Gasteiger partial charge in [0.05, 0.1) is 5.69 Å². The van der Waals surface area contributed by atoms with Crippen molar-refractivity contribution in [2.24, 2.45) is 0 Å². The maximum atomic E-state index is 13.3. The van der Waals surface area contributed by atoms with Gasteiger partial charge in [-0.25, -0.2) is 4.39 Å². The van der Waals surface area contributed by atoms with Crippen LogP contribution in [-0.2, 0) is 0 Å². The summed E-state index contributed by atoms with van der Waals surface area (Å²) >= 11 is 5.80. The van der Waals surface area contributed by atoms with E-state index in [1.54, 1.807) is 12.1 Å². The Morgan fingerprint density at radius 2 is 2.38 bits per heavy atom. The van der Waals surface area contributed by atoms with Gasteiger partial charge in [0, 0.05) is 17.6 Å². The lowest BCUT2D eigenvalue weighted by Crippen LogP contribution is -2.24. The second-order valence-electron chi connectivity index (χ2n) is 4.13. The molecule has 1 aliphatic heterocycles. The first-order valence-corrected chi connectivity index (χ1v) is 6.06. The van der Waals surface area contributed by atoms with E-state index >= 15 is 0 Å². The van der Waals surface area contributed by atoms with Crippen molar-refractivity contribution < 1.29 is 4.39 Å². The van der Waals surface area contributed by atoms with Crippen LogP contribution in [0.1, 0.15) is 19.3 Å². The Morgan fingerprint density at radius 1 is 1.50 bits per heavy atom. The molecule has 16 heavy (non-hydrogen) atoms. The average molecular weight is 243 g/mol. The van der Waals surface area contributed by atoms with E-state index in [2.05, 4.69) is 10.6 Å². The zero-order valence-electron chi connectivity index (χ0n) is 9.10. The van der Waals surface area contributed by atoms with Gasteiger partial charge in [-0.1, -0.05) is 11.6 Å². The van der Waals surface area contributed by atoms with Crippen molar-refractivity contribution in [3.05, 3.63) is 29.0 Å². The molecule has 1 aliphatic rings. The number of benzene rings is 1. The standard InChI is InChI=1S/C12H16ClFN2/c13-9-3-4-11(14)12(8-9)16-7-5-10-2-1-6-15-10/h3-4,8,10,15-16H,1-2,5-7H2. The second-order valence-corrected chi connectivity index (χ2v) is 4.57. The van der Waals surface area contributed by atoms with Gasteiger partial charge in [0.2, 0.25) is 0 Å². The summed E-state index contributed by atoms with van der Waals surface area (Å²) in [5, 5.41) is 7.05. The number of hydrogen-bond donors (Lipinski definition) is 2. The lowest BCUT2D eigenvalue weighted by atomic mass is 10.1. The molecular weight excluding hydrogens is 227 g/mol. The van der Waals surface area contributed by atoms with E-state index in [-0.39, 0.29) is 5.82 Å². The zero-order valence-corrected chi connectivity index (χ0v) is 9.86. The first-order valence-electron chi connectivity index (χ1n) is 5.68. The summed E-state index contributed by atoms with van der Waals surface area (Å²) in [6, 6.07) is 5.15. The predicted octanol–water partition coefficient (Wildman–Crippen LogP) is 3.03. The van der Waals surface area contributed by atoms with Crippen LogP contribution in [0.2, 0.25) is 5.02 Å². The number of hydrogen-bond acceptors (Lipinski definition) is 2. The molecule has 1 unspecified atom stereocenters. The smallest absolute Gasteiger partial charge is 0.146 e. The molecule has 0 spiro atoms. The largest absolute Gasteiger partial charge is 0.383 e. The molecule has 1 fully saturated rings. The summed E-state index contributed by atoms with van der Waals surface area (Å²) < 4.78 is 13.3. The lowest BCUT2D eigenvalue weighted by molar-refractivity contribution is 0.572. The topological polar surface area (TPSA) is 24.1 Å². The van der Waals surface area contributed by atoms with Crippen molar-refractivity contribution in [3.63, 3.8) is 0 Å². The summed E-state index contributed by atoms with van der Waals surface area (Å²) in [7, 11) is 0. The van der Waals surface area contributed by atoms with E-state index in [0.717, 1.165) is 19.5 Å². The molecule has 0 amide bonds. The van der Waals surface area contributed by atoms with Gasteiger partial charge in [-0.2, -0.15) is 0 Å². The minimum atomic E-state index is -0.246. The second kappa shape index (κ2) is 5.51. The van der Waals surface area contributed by atoms with Gasteiger partial charge in [-0.15, -0.1) is 0 Å². The molecule has 2 nitrogen and oxygen atoms in total. The molecular formula is C12H16ClFN2. The Kier molecular flexibility index (Phi) is 4.02. The molecule has 2 rings (SSSR count). The number of rotatable bonds is 4. The highest BCUT2D eigenvalue weighted by atomic mass is 35.5. The van der Waals surface area contributed by atoms with Crippen LogP contribution in [-0.4, -0.2) is 19.1 Å². The summed E-state index contributed by atoms with van der Waals surface area (Å²) in [6.45, 7) is 1.88. The van der Waals surface area contributed by atoms with Crippen molar-refractivity contribution in [2.45, 2.75) is 25.3 Å². The highest BCUT2D eigenvalue weighted by molar-refractivity contribution is 6.30. The van der Waals surface area contributed by atoms with Crippen molar-refractivity contribution in [1.82, 2.24) is 5.32 Å². The van der Waals surface area contributed by atoms with Crippen LogP contribution >= 0.6 is 11.6 Å². The number of nitrogens with one attached hydrogen (secondary N) is 2. The van der Waals surface area contributed by atoms with Crippen LogP contribution in [0.3, 0.4) is 0 Å². The third-order valence-electron chi connectivity index (χ3n) is 2.90. The Hall–Kier alpha value is -0.800. The van der Waals surface area contributed by atoms with E-state index in [1.807, 2.05) is 0 Å². The first-order chi connectivity index (χ1) is 7.75. The van der Waals surface area contributed by atoms with Gasteiger partial charge >= 0.3 is 0 Å². The molecule has 1 aromatic carbocycles. The molecule has 4 heteroatoms. The quantitative estimate of drug-likeness (QED) is 0.848. The Morgan fingerprint density at radius 3 is 3.12 bits per heavy atom. The third kappa shape index (κ3) is 3.09. The Bertz CT molecular complexity index is 351. The Labute approximate surface area is 100 Å². The van der Waals surface area contributed by atoms with Crippen LogP contribution in [0.25, 0.3) is 0 Å². The van der Waals surface area contributed by atoms with Gasteiger partial charge in [0.25, 0.3) is 0 Å². The van der Waals surface area contributed by atoms with Crippen LogP contribution in [0.4, 0.5) is 10.1 Å². The normalized spacial score (nSPS) is 20.0. The maximum Gasteiger partial charge on any atom is 0.146 e. The summed E-state index contributed by atoms with van der Waals surface area (Å²) in [4.78, 5) is 0. The third-order valence-corrected chi connectivity index (χ3v) is 3.13. The fourth-order valence-electron chi connectivity index (χ4n) is 2.02. The van der Waals surface area contributed by atoms with Crippen molar-refractivity contribution in [1.29, 1.82) is 0 Å². The van der Waals surface area contributed by atoms with E-state index in [9.17, 15) is 4.39 Å². The van der Waals surface area contributed by atoms with Gasteiger partial charge in [0.1, 0.15) is 5.82 Å². The highest BCUT2D eigenvalue weighted by Crippen LogP contribution is 2.19. The maximum absolute atomic E-state index is 13.3. The molecule has 88 valence electrons. The van der Waals surface area contributed by atoms with Crippen LogP contribution < -0.4 is 10.6 Å². The SMILES string of the molecule is Fc1ccc(Cl)cc1NCCC1CCCN1. The molecule has 0 aromatic heterocycles. The molecule has 0 radical (unpaired) electrons. The predicted molar refractivity (Wildman–Crippen MR) is 65.5 cm³/mol. The minimum Gasteiger partial charge on any atom is -0.383 e. The van der Waals surface area contributed by atoms with Crippen molar-refractivity contribution in [2.75, 3.05) is 18.4 Å². The molecule has 1 saturated heterocycles. The molecule has 0 aliphatic carbocycles. The van der Waals surface area contributed by atoms with E-state index < -0.39 is 0 Å². The molecule has 1 heterocycles. The molecule has 2 N–H and O–H groups in total. The van der Waals surface area contributed by atoms with Gasteiger partial charge in [-0.05, 0) is 44.0 Å². The van der Waals surface area contributed by atoms with E-state index in [1.165, 1.54) is 18.9 Å². The van der Waals surface area contributed by atoms with Crippen LogP contribution in [0.5, 0.6) is 0 Å². The van der Waals surface area contributed by atoms with Crippen LogP contribution in [0.15, 0.2) is 18.2 Å². The number of anilines is 1. The Balaban J connectivity index is 1.82. The monoisotopic (exact) mass is 242 g/mol. The summed E-state index contributed by atoms with van der Waals surface area (Å²) in [5.74, 6) is -0.246. The fourth-order valence-corrected chi connectivity index (χ4v) is 2.19. The van der Waals surface area contributed by atoms with E-state index in [0.29, 0.717) is 16.8 Å². The first kappa shape index (κ1) is 11.7.